The van der Waals surface area contributed by atoms with Crippen molar-refractivity contribution in [1.82, 2.24) is 0 Å². The number of aliphatic hydroxyl groups is 1. The highest BCUT2D eigenvalue weighted by molar-refractivity contribution is 5.25. The lowest BCUT2D eigenvalue weighted by atomic mass is 9.90. The molecule has 0 amide bonds. The average Bonchev–Trinajstić information content (AvgIpc) is 2.34. The van der Waals surface area contributed by atoms with Gasteiger partial charge in [-0.25, -0.2) is 4.39 Å². The van der Waals surface area contributed by atoms with Crippen LogP contribution in [0.5, 0.6) is 0 Å². The Morgan fingerprint density at radius 3 is 2.56 bits per heavy atom. The van der Waals surface area contributed by atoms with Crippen LogP contribution in [0.15, 0.2) is 18.2 Å². The molecule has 0 saturated heterocycles. The number of benzene rings is 1. The minimum absolute atomic E-state index is 0.284. The molecule has 1 nitrogen and oxygen atoms in total. The summed E-state index contributed by atoms with van der Waals surface area (Å²) in [5, 5.41) is 10.2. The first-order chi connectivity index (χ1) is 8.58. The molecule has 18 heavy (non-hydrogen) atoms. The van der Waals surface area contributed by atoms with Gasteiger partial charge in [0.2, 0.25) is 0 Å². The first-order valence-corrected chi connectivity index (χ1v) is 7.02. The van der Waals surface area contributed by atoms with Crippen molar-refractivity contribution in [3.05, 3.63) is 35.1 Å². The number of unbranched alkanes of at least 4 members (excludes halogenated alkanes) is 1. The quantitative estimate of drug-likeness (QED) is 0.740. The molecule has 0 saturated carbocycles. The molecule has 2 heteroatoms. The van der Waals surface area contributed by atoms with E-state index >= 15 is 0 Å². The zero-order valence-electron chi connectivity index (χ0n) is 11.7. The molecule has 0 heterocycles. The molecule has 1 aromatic rings. The van der Waals surface area contributed by atoms with Gasteiger partial charge in [0.05, 0.1) is 6.10 Å². The van der Waals surface area contributed by atoms with Crippen LogP contribution in [0.25, 0.3) is 0 Å². The van der Waals surface area contributed by atoms with Gasteiger partial charge in [0, 0.05) is 5.56 Å². The van der Waals surface area contributed by atoms with Gasteiger partial charge in [0.1, 0.15) is 5.82 Å². The summed E-state index contributed by atoms with van der Waals surface area (Å²) in [5.74, 6) is 0.202. The van der Waals surface area contributed by atoms with Gasteiger partial charge in [0.25, 0.3) is 0 Å². The van der Waals surface area contributed by atoms with Crippen LogP contribution in [-0.4, -0.2) is 5.11 Å². The zero-order chi connectivity index (χ0) is 13.5. The van der Waals surface area contributed by atoms with Crippen LogP contribution in [-0.2, 0) is 0 Å². The lowest BCUT2D eigenvalue weighted by molar-refractivity contribution is 0.135. The van der Waals surface area contributed by atoms with Crippen molar-refractivity contribution in [2.24, 2.45) is 5.92 Å². The van der Waals surface area contributed by atoms with E-state index in [9.17, 15) is 9.50 Å². The van der Waals surface area contributed by atoms with E-state index in [1.54, 1.807) is 6.07 Å². The molecule has 0 bridgehead atoms. The number of halogens is 1. The fraction of sp³-hybridized carbons (Fsp3) is 0.625. The third-order valence-corrected chi connectivity index (χ3v) is 3.61. The molecule has 0 spiro atoms. The lowest BCUT2D eigenvalue weighted by Crippen LogP contribution is -2.08. The van der Waals surface area contributed by atoms with Gasteiger partial charge in [-0.1, -0.05) is 51.7 Å². The molecule has 1 rings (SSSR count). The second-order valence-electron chi connectivity index (χ2n) is 5.19. The normalized spacial score (nSPS) is 14.5. The van der Waals surface area contributed by atoms with Crippen molar-refractivity contribution >= 4 is 0 Å². The summed E-state index contributed by atoms with van der Waals surface area (Å²) in [6, 6.07) is 5.06. The fourth-order valence-corrected chi connectivity index (χ4v) is 2.33. The maximum absolute atomic E-state index is 13.7. The maximum atomic E-state index is 13.7. The van der Waals surface area contributed by atoms with E-state index in [0.717, 1.165) is 18.4 Å². The number of aryl methyl sites for hydroxylation is 1. The van der Waals surface area contributed by atoms with Gasteiger partial charge in [-0.3, -0.25) is 0 Å². The van der Waals surface area contributed by atoms with Crippen molar-refractivity contribution in [2.45, 2.75) is 59.0 Å². The molecule has 102 valence electrons. The molecule has 0 fully saturated rings. The Kier molecular flexibility index (Phi) is 6.34. The van der Waals surface area contributed by atoms with Crippen molar-refractivity contribution in [3.8, 4) is 0 Å². The maximum Gasteiger partial charge on any atom is 0.129 e. The van der Waals surface area contributed by atoms with Crippen LogP contribution in [0.2, 0.25) is 0 Å². The Balaban J connectivity index is 2.65. The topological polar surface area (TPSA) is 20.2 Å². The van der Waals surface area contributed by atoms with E-state index in [-0.39, 0.29) is 5.82 Å². The van der Waals surface area contributed by atoms with Crippen LogP contribution >= 0.6 is 0 Å². The molecule has 0 aromatic heterocycles. The molecule has 0 aliphatic heterocycles. The van der Waals surface area contributed by atoms with E-state index in [0.29, 0.717) is 17.9 Å². The van der Waals surface area contributed by atoms with Crippen LogP contribution < -0.4 is 0 Å². The minimum atomic E-state index is -0.674. The largest absolute Gasteiger partial charge is 0.388 e. The van der Waals surface area contributed by atoms with E-state index in [1.165, 1.54) is 18.9 Å². The van der Waals surface area contributed by atoms with Gasteiger partial charge < -0.3 is 5.11 Å². The van der Waals surface area contributed by atoms with Gasteiger partial charge in [-0.05, 0) is 30.9 Å². The second kappa shape index (κ2) is 7.52. The first-order valence-electron chi connectivity index (χ1n) is 7.02. The molecule has 0 aliphatic carbocycles. The molecule has 2 atom stereocenters. The summed E-state index contributed by atoms with van der Waals surface area (Å²) in [4.78, 5) is 0. The Morgan fingerprint density at radius 1 is 1.28 bits per heavy atom. The fourth-order valence-electron chi connectivity index (χ4n) is 2.33. The highest BCUT2D eigenvalue weighted by Gasteiger charge is 2.17. The standard InChI is InChI=1S/C16H25FO/c1-4-6-7-13(5-2)11-16(18)14-9-8-12(3)10-15(14)17/h8-10,13,16,18H,4-7,11H2,1-3H3. The van der Waals surface area contributed by atoms with E-state index in [4.69, 9.17) is 0 Å². The molecule has 0 aliphatic rings. The summed E-state index contributed by atoms with van der Waals surface area (Å²) in [6.45, 7) is 6.16. The summed E-state index contributed by atoms with van der Waals surface area (Å²) >= 11 is 0. The van der Waals surface area contributed by atoms with Gasteiger partial charge >= 0.3 is 0 Å². The molecule has 0 radical (unpaired) electrons. The van der Waals surface area contributed by atoms with Crippen molar-refractivity contribution in [3.63, 3.8) is 0 Å². The second-order valence-corrected chi connectivity index (χ2v) is 5.19. The Labute approximate surface area is 110 Å². The van der Waals surface area contributed by atoms with Crippen molar-refractivity contribution < 1.29 is 9.50 Å². The number of aliphatic hydroxyl groups excluding tert-OH is 1. The number of hydrogen-bond donors (Lipinski definition) is 1. The number of rotatable bonds is 7. The van der Waals surface area contributed by atoms with Crippen LogP contribution in [0.4, 0.5) is 4.39 Å². The van der Waals surface area contributed by atoms with Crippen LogP contribution in [0, 0.1) is 18.7 Å². The lowest BCUT2D eigenvalue weighted by Gasteiger charge is -2.19. The Bertz CT molecular complexity index is 362. The third kappa shape index (κ3) is 4.41. The van der Waals surface area contributed by atoms with Crippen molar-refractivity contribution in [2.75, 3.05) is 0 Å². The van der Waals surface area contributed by atoms with E-state index in [2.05, 4.69) is 13.8 Å². The third-order valence-electron chi connectivity index (χ3n) is 3.61. The SMILES string of the molecule is CCCCC(CC)CC(O)c1ccc(C)cc1F. The Hall–Kier alpha value is -0.890. The molecular weight excluding hydrogens is 227 g/mol. The summed E-state index contributed by atoms with van der Waals surface area (Å²) < 4.78 is 13.7. The molecule has 2 unspecified atom stereocenters. The monoisotopic (exact) mass is 252 g/mol. The van der Waals surface area contributed by atoms with E-state index in [1.807, 2.05) is 13.0 Å². The van der Waals surface area contributed by atoms with Crippen molar-refractivity contribution in [1.29, 1.82) is 0 Å². The zero-order valence-corrected chi connectivity index (χ0v) is 11.7. The van der Waals surface area contributed by atoms with Crippen LogP contribution in [0.3, 0.4) is 0 Å². The minimum Gasteiger partial charge on any atom is -0.388 e. The smallest absolute Gasteiger partial charge is 0.129 e. The van der Waals surface area contributed by atoms with E-state index < -0.39 is 6.10 Å². The first kappa shape index (κ1) is 15.2. The highest BCUT2D eigenvalue weighted by Crippen LogP contribution is 2.28. The van der Waals surface area contributed by atoms with Gasteiger partial charge in [-0.2, -0.15) is 0 Å². The summed E-state index contributed by atoms with van der Waals surface area (Å²) in [7, 11) is 0. The van der Waals surface area contributed by atoms with Gasteiger partial charge in [-0.15, -0.1) is 0 Å². The molecule has 1 aromatic carbocycles. The van der Waals surface area contributed by atoms with Crippen LogP contribution in [0.1, 0.15) is 63.2 Å². The molecular formula is C16H25FO. The average molecular weight is 252 g/mol. The highest BCUT2D eigenvalue weighted by atomic mass is 19.1. The molecule has 1 N–H and O–H groups in total. The number of hydrogen-bond acceptors (Lipinski definition) is 1. The predicted octanol–water partition coefficient (Wildman–Crippen LogP) is 4.77. The summed E-state index contributed by atoms with van der Waals surface area (Å²) in [5.41, 5.74) is 1.33. The summed E-state index contributed by atoms with van der Waals surface area (Å²) in [6.07, 6.45) is 4.51. The van der Waals surface area contributed by atoms with Gasteiger partial charge in [0.15, 0.2) is 0 Å². The predicted molar refractivity (Wildman–Crippen MR) is 74.0 cm³/mol. The Morgan fingerprint density at radius 2 is 2.00 bits per heavy atom.